The van der Waals surface area contributed by atoms with Crippen molar-refractivity contribution < 1.29 is 76.5 Å². The first kappa shape index (κ1) is 49.1. The van der Waals surface area contributed by atoms with Crippen molar-refractivity contribution in [1.82, 2.24) is 19.6 Å². The van der Waals surface area contributed by atoms with Crippen LogP contribution in [0.2, 0.25) is 0 Å². The summed E-state index contributed by atoms with van der Waals surface area (Å²) in [7, 11) is 0. The molecule has 24 heteroatoms. The van der Waals surface area contributed by atoms with E-state index in [-0.39, 0.29) is 26.2 Å². The van der Waals surface area contributed by atoms with E-state index in [1.165, 1.54) is 0 Å². The van der Waals surface area contributed by atoms with Crippen LogP contribution >= 0.6 is 15.9 Å². The number of piperazine rings is 2. The second kappa shape index (κ2) is 20.7. The molecule has 0 radical (unpaired) electrons. The van der Waals surface area contributed by atoms with E-state index in [4.69, 9.17) is 4.74 Å². The molecule has 4 aliphatic heterocycles. The maximum Gasteiger partial charge on any atom is 0.434 e. The van der Waals surface area contributed by atoms with Crippen molar-refractivity contribution in [2.75, 3.05) is 102 Å². The third kappa shape index (κ3) is 13.8. The van der Waals surface area contributed by atoms with Gasteiger partial charge < -0.3 is 33.8 Å². The second-order valence-electron chi connectivity index (χ2n) is 14.9. The van der Waals surface area contributed by atoms with Gasteiger partial charge in [0.2, 0.25) is 0 Å². The fraction of sp³-hybridized carbons (Fsp3) is 0.632. The zero-order valence-electron chi connectivity index (χ0n) is 33.1. The van der Waals surface area contributed by atoms with E-state index in [1.807, 2.05) is 52.3 Å². The predicted molar refractivity (Wildman–Crippen MR) is 204 cm³/mol. The van der Waals surface area contributed by atoms with Crippen LogP contribution in [0.1, 0.15) is 24.0 Å². The highest BCUT2D eigenvalue weighted by atomic mass is 79.9. The van der Waals surface area contributed by atoms with Crippen molar-refractivity contribution in [2.24, 2.45) is 0 Å². The standard InChI is InChI=1S/C19H22BrF6N3O2.C19H23F6N3O3/c20-14-4-3-13(15(11-14)28-5-1-2-6-28)12-27-7-9-29(10-8-27)17(30)31-16(18(21,22)23)19(24,25)26;20-18(21,22)16(19(23,24)25)31-17(29)28-7-5-26(6-8-28)13-14-3-1-2-4-15(14)27-9-11-30-12-10-27/h3-4,11,16H,1-2,5-10,12H2;1-4,16H,5-13H2. The van der Waals surface area contributed by atoms with E-state index in [0.29, 0.717) is 52.5 Å². The average Bonchev–Trinajstić information content (AvgIpc) is 3.74. The first-order valence-corrected chi connectivity index (χ1v) is 20.4. The van der Waals surface area contributed by atoms with Gasteiger partial charge in [-0.2, -0.15) is 52.7 Å². The van der Waals surface area contributed by atoms with Crippen LogP contribution in [0, 0.1) is 0 Å². The molecule has 0 spiro atoms. The van der Waals surface area contributed by atoms with Crippen LogP contribution in [0.4, 0.5) is 73.6 Å². The Morgan fingerprint density at radius 1 is 0.548 bits per heavy atom. The topological polar surface area (TPSA) is 81.3 Å². The van der Waals surface area contributed by atoms with Crippen LogP contribution in [0.3, 0.4) is 0 Å². The third-order valence-corrected chi connectivity index (χ3v) is 11.0. The summed E-state index contributed by atoms with van der Waals surface area (Å²) < 4.78 is 165. The molecule has 0 aromatic heterocycles. The van der Waals surface area contributed by atoms with E-state index in [1.54, 1.807) is 0 Å². The van der Waals surface area contributed by atoms with E-state index in [0.717, 1.165) is 75.8 Å². The molecule has 2 aromatic rings. The van der Waals surface area contributed by atoms with Gasteiger partial charge in [-0.1, -0.05) is 40.2 Å². The molecular formula is C38H45BrF12N6O5. The van der Waals surface area contributed by atoms with Gasteiger partial charge in [-0.15, -0.1) is 0 Å². The SMILES string of the molecule is O=C(OC(C(F)(F)F)C(F)(F)F)N1CCN(Cc2ccc(Br)cc2N2CCCC2)CC1.O=C(OC(C(F)(F)F)C(F)(F)F)N1CCN(Cc2ccccc2N2CCOCC2)CC1. The maximum absolute atomic E-state index is 12.6. The first-order chi connectivity index (χ1) is 29.0. The molecule has 348 valence electrons. The summed E-state index contributed by atoms with van der Waals surface area (Å²) in [5.41, 5.74) is 4.29. The number of nitrogens with zero attached hydrogens (tertiary/aromatic N) is 6. The molecule has 4 aliphatic rings. The van der Waals surface area contributed by atoms with E-state index >= 15 is 0 Å². The molecule has 0 aliphatic carbocycles. The van der Waals surface area contributed by atoms with Crippen LogP contribution in [-0.2, 0) is 27.3 Å². The number of morpholine rings is 1. The molecule has 4 heterocycles. The molecule has 0 atom stereocenters. The Balaban J connectivity index is 0.000000234. The smallest absolute Gasteiger partial charge is 0.426 e. The van der Waals surface area contributed by atoms with Gasteiger partial charge in [0.05, 0.1) is 13.2 Å². The number of hydrogen-bond donors (Lipinski definition) is 0. The monoisotopic (exact) mass is 972 g/mol. The fourth-order valence-electron chi connectivity index (χ4n) is 7.33. The lowest BCUT2D eigenvalue weighted by Gasteiger charge is -2.36. The number of ether oxygens (including phenoxy) is 3. The molecule has 2 aromatic carbocycles. The van der Waals surface area contributed by atoms with Gasteiger partial charge in [0, 0.05) is 107 Å². The summed E-state index contributed by atoms with van der Waals surface area (Å²) >= 11 is 3.48. The number of para-hydroxylation sites is 1. The highest BCUT2D eigenvalue weighted by molar-refractivity contribution is 9.10. The van der Waals surface area contributed by atoms with Crippen LogP contribution in [-0.4, -0.2) is 160 Å². The van der Waals surface area contributed by atoms with E-state index in [9.17, 15) is 62.3 Å². The van der Waals surface area contributed by atoms with Gasteiger partial charge in [0.1, 0.15) is 0 Å². The summed E-state index contributed by atoms with van der Waals surface area (Å²) in [6.45, 7) is 6.95. The molecule has 0 N–H and O–H groups in total. The zero-order valence-corrected chi connectivity index (χ0v) is 34.6. The van der Waals surface area contributed by atoms with Gasteiger partial charge in [0.25, 0.3) is 12.2 Å². The summed E-state index contributed by atoms with van der Waals surface area (Å²) in [6, 6.07) is 13.8. The van der Waals surface area contributed by atoms with Gasteiger partial charge >= 0.3 is 36.9 Å². The summed E-state index contributed by atoms with van der Waals surface area (Å²) in [5.74, 6) is 0. The minimum Gasteiger partial charge on any atom is -0.426 e. The minimum atomic E-state index is -5.72. The largest absolute Gasteiger partial charge is 0.434 e. The summed E-state index contributed by atoms with van der Waals surface area (Å²) in [6.07, 6.45) is -32.1. The molecule has 4 fully saturated rings. The fourth-order valence-corrected chi connectivity index (χ4v) is 7.68. The first-order valence-electron chi connectivity index (χ1n) is 19.6. The van der Waals surface area contributed by atoms with Crippen molar-refractivity contribution in [3.05, 3.63) is 58.1 Å². The van der Waals surface area contributed by atoms with Crippen molar-refractivity contribution >= 4 is 39.5 Å². The number of rotatable bonds is 8. The number of hydrogen-bond acceptors (Lipinski definition) is 9. The van der Waals surface area contributed by atoms with Crippen LogP contribution in [0.25, 0.3) is 0 Å². The van der Waals surface area contributed by atoms with E-state index < -0.39 is 49.1 Å². The Bertz CT molecular complexity index is 1750. The quantitative estimate of drug-likeness (QED) is 0.244. The number of alkyl halides is 12. The Morgan fingerprint density at radius 3 is 1.39 bits per heavy atom. The molecular weight excluding hydrogens is 928 g/mol. The molecule has 2 amide bonds. The maximum atomic E-state index is 12.6. The Labute approximate surface area is 357 Å². The highest BCUT2D eigenvalue weighted by Crippen LogP contribution is 2.38. The number of carbonyl (C=O) groups excluding carboxylic acids is 2. The molecule has 11 nitrogen and oxygen atoms in total. The molecule has 0 saturated carbocycles. The number of anilines is 2. The number of amides is 2. The molecule has 62 heavy (non-hydrogen) atoms. The number of carbonyl (C=O) groups is 2. The van der Waals surface area contributed by atoms with Crippen LogP contribution in [0.15, 0.2) is 46.9 Å². The average molecular weight is 974 g/mol. The van der Waals surface area contributed by atoms with E-state index in [2.05, 4.69) is 35.2 Å². The van der Waals surface area contributed by atoms with Gasteiger partial charge in [-0.3, -0.25) is 9.80 Å². The van der Waals surface area contributed by atoms with Crippen LogP contribution < -0.4 is 9.80 Å². The van der Waals surface area contributed by atoms with Gasteiger partial charge in [-0.25, -0.2) is 9.59 Å². The molecule has 0 bridgehead atoms. The highest BCUT2D eigenvalue weighted by Gasteiger charge is 2.61. The molecule has 6 rings (SSSR count). The number of halogens is 13. The summed E-state index contributed by atoms with van der Waals surface area (Å²) in [5, 5.41) is 0. The Kier molecular flexibility index (Phi) is 16.4. The van der Waals surface area contributed by atoms with Gasteiger partial charge in [-0.05, 0) is 42.2 Å². The van der Waals surface area contributed by atoms with Crippen molar-refractivity contribution in [3.8, 4) is 0 Å². The second-order valence-corrected chi connectivity index (χ2v) is 15.8. The minimum absolute atomic E-state index is 0.0170. The van der Waals surface area contributed by atoms with Gasteiger partial charge in [0.15, 0.2) is 0 Å². The van der Waals surface area contributed by atoms with Crippen molar-refractivity contribution in [3.63, 3.8) is 0 Å². The number of benzene rings is 2. The summed E-state index contributed by atoms with van der Waals surface area (Å²) in [4.78, 5) is 34.1. The van der Waals surface area contributed by atoms with Crippen LogP contribution in [0.5, 0.6) is 0 Å². The zero-order chi connectivity index (χ0) is 45.5. The Hall–Kier alpha value is -3.90. The lowest BCUT2D eigenvalue weighted by Crippen LogP contribution is -2.52. The molecule has 0 unspecified atom stereocenters. The normalized spacial score (nSPS) is 18.9. The van der Waals surface area contributed by atoms with Crippen molar-refractivity contribution in [2.45, 2.75) is 62.8 Å². The lowest BCUT2D eigenvalue weighted by atomic mass is 10.1. The third-order valence-electron chi connectivity index (χ3n) is 10.5. The lowest BCUT2D eigenvalue weighted by molar-refractivity contribution is -0.309. The molecule has 4 saturated heterocycles. The Morgan fingerprint density at radius 2 is 0.952 bits per heavy atom. The van der Waals surface area contributed by atoms with Crippen molar-refractivity contribution in [1.29, 1.82) is 0 Å². The predicted octanol–water partition coefficient (Wildman–Crippen LogP) is 8.07.